The van der Waals surface area contributed by atoms with Gasteiger partial charge >= 0.3 is 0 Å². The van der Waals surface area contributed by atoms with Crippen molar-refractivity contribution < 1.29 is 13.9 Å². The molecule has 0 radical (unpaired) electrons. The Hall–Kier alpha value is -3.80. The molecule has 30 heavy (non-hydrogen) atoms. The Labute approximate surface area is 175 Å². The Morgan fingerprint density at radius 2 is 1.97 bits per heavy atom. The van der Waals surface area contributed by atoms with Crippen molar-refractivity contribution in [1.82, 2.24) is 9.78 Å². The molecule has 0 unspecified atom stereocenters. The van der Waals surface area contributed by atoms with Gasteiger partial charge in [0.1, 0.15) is 18.1 Å². The molecule has 0 fully saturated rings. The first-order chi connectivity index (χ1) is 14.6. The third-order valence-corrected chi connectivity index (χ3v) is 4.74. The molecule has 1 amide bonds. The molecule has 0 atom stereocenters. The summed E-state index contributed by atoms with van der Waals surface area (Å²) < 4.78 is 13.1. The largest absolute Gasteiger partial charge is 0.486 e. The first-order valence-electron chi connectivity index (χ1n) is 9.73. The standard InChI is InChI=1S/C24H23N3O3/c1-17-6-5-9-21(12-17)29-16-22-10-11-23(30-22)24(28)26-20-13-25-27(15-20)14-19-8-4-3-7-18(19)2/h3-13,15H,14,16H2,1-2H3,(H,26,28). The number of rotatable bonds is 7. The highest BCUT2D eigenvalue weighted by molar-refractivity contribution is 6.02. The molecule has 1 N–H and O–H groups in total. The van der Waals surface area contributed by atoms with Gasteiger partial charge in [0.05, 0.1) is 18.4 Å². The van der Waals surface area contributed by atoms with Gasteiger partial charge in [-0.05, 0) is 54.8 Å². The van der Waals surface area contributed by atoms with Crippen LogP contribution in [0.25, 0.3) is 0 Å². The van der Waals surface area contributed by atoms with E-state index in [-0.39, 0.29) is 18.3 Å². The van der Waals surface area contributed by atoms with E-state index in [0.29, 0.717) is 18.0 Å². The zero-order valence-electron chi connectivity index (χ0n) is 17.0. The Bertz CT molecular complexity index is 1160. The second kappa shape index (κ2) is 8.69. The number of nitrogens with zero attached hydrogens (tertiary/aromatic N) is 2. The van der Waals surface area contributed by atoms with E-state index in [9.17, 15) is 4.79 Å². The number of carbonyl (C=O) groups excluding carboxylic acids is 1. The number of nitrogens with one attached hydrogen (secondary N) is 1. The highest BCUT2D eigenvalue weighted by atomic mass is 16.5. The molecule has 0 saturated heterocycles. The lowest BCUT2D eigenvalue weighted by Crippen LogP contribution is -2.10. The fourth-order valence-electron chi connectivity index (χ4n) is 3.11. The summed E-state index contributed by atoms with van der Waals surface area (Å²) in [4.78, 5) is 12.5. The van der Waals surface area contributed by atoms with Crippen LogP contribution in [0.3, 0.4) is 0 Å². The molecule has 0 aliphatic rings. The summed E-state index contributed by atoms with van der Waals surface area (Å²) >= 11 is 0. The van der Waals surface area contributed by atoms with Crippen LogP contribution in [0.15, 0.2) is 77.5 Å². The van der Waals surface area contributed by atoms with E-state index in [1.165, 1.54) is 11.1 Å². The predicted octanol–water partition coefficient (Wildman–Crippen LogP) is 4.97. The molecule has 6 nitrogen and oxygen atoms in total. The molecule has 2 aromatic carbocycles. The van der Waals surface area contributed by atoms with Gasteiger partial charge in [-0.15, -0.1) is 0 Å². The monoisotopic (exact) mass is 401 g/mol. The number of anilines is 1. The Morgan fingerprint density at radius 1 is 1.10 bits per heavy atom. The summed E-state index contributed by atoms with van der Waals surface area (Å²) in [5.41, 5.74) is 4.12. The van der Waals surface area contributed by atoms with Crippen molar-refractivity contribution in [3.05, 3.63) is 101 Å². The molecule has 2 heterocycles. The van der Waals surface area contributed by atoms with Crippen LogP contribution < -0.4 is 10.1 Å². The molecule has 2 aromatic heterocycles. The normalized spacial score (nSPS) is 10.7. The summed E-state index contributed by atoms with van der Waals surface area (Å²) in [6.45, 7) is 4.97. The molecular weight excluding hydrogens is 378 g/mol. The number of carbonyl (C=O) groups is 1. The lowest BCUT2D eigenvalue weighted by atomic mass is 10.1. The average molecular weight is 401 g/mol. The zero-order valence-corrected chi connectivity index (χ0v) is 17.0. The Morgan fingerprint density at radius 3 is 2.80 bits per heavy atom. The fourth-order valence-corrected chi connectivity index (χ4v) is 3.11. The molecule has 152 valence electrons. The minimum Gasteiger partial charge on any atom is -0.486 e. The number of hydrogen-bond donors (Lipinski definition) is 1. The van der Waals surface area contributed by atoms with Gasteiger partial charge in [-0.2, -0.15) is 5.10 Å². The zero-order chi connectivity index (χ0) is 20.9. The smallest absolute Gasteiger partial charge is 0.291 e. The van der Waals surface area contributed by atoms with Crippen molar-refractivity contribution in [2.75, 3.05) is 5.32 Å². The quantitative estimate of drug-likeness (QED) is 0.475. The van der Waals surface area contributed by atoms with Crippen LogP contribution in [0.4, 0.5) is 5.69 Å². The van der Waals surface area contributed by atoms with Gasteiger partial charge in [0.2, 0.25) is 0 Å². The van der Waals surface area contributed by atoms with Crippen molar-refractivity contribution in [2.24, 2.45) is 0 Å². The van der Waals surface area contributed by atoms with Crippen molar-refractivity contribution in [1.29, 1.82) is 0 Å². The lowest BCUT2D eigenvalue weighted by Gasteiger charge is -2.05. The van der Waals surface area contributed by atoms with Gasteiger partial charge in [0.15, 0.2) is 5.76 Å². The van der Waals surface area contributed by atoms with Gasteiger partial charge in [-0.1, -0.05) is 36.4 Å². The number of amides is 1. The minimum absolute atomic E-state index is 0.226. The number of furan rings is 1. The van der Waals surface area contributed by atoms with Crippen LogP contribution in [0.1, 0.15) is 33.0 Å². The van der Waals surface area contributed by atoms with Gasteiger partial charge in [-0.25, -0.2) is 0 Å². The second-order valence-corrected chi connectivity index (χ2v) is 7.18. The topological polar surface area (TPSA) is 69.3 Å². The van der Waals surface area contributed by atoms with Gasteiger partial charge in [0.25, 0.3) is 5.91 Å². The first-order valence-corrected chi connectivity index (χ1v) is 9.73. The Kier molecular flexibility index (Phi) is 5.66. The number of benzene rings is 2. The van der Waals surface area contributed by atoms with E-state index in [0.717, 1.165) is 11.3 Å². The van der Waals surface area contributed by atoms with Gasteiger partial charge in [-0.3, -0.25) is 9.48 Å². The van der Waals surface area contributed by atoms with E-state index in [4.69, 9.17) is 9.15 Å². The van der Waals surface area contributed by atoms with E-state index in [1.54, 1.807) is 29.2 Å². The molecule has 4 rings (SSSR count). The molecule has 0 aliphatic carbocycles. The SMILES string of the molecule is Cc1cccc(OCc2ccc(C(=O)Nc3cnn(Cc4ccccc4C)c3)o2)c1. The van der Waals surface area contributed by atoms with Crippen molar-refractivity contribution in [2.45, 2.75) is 27.0 Å². The Balaban J connectivity index is 1.34. The molecule has 4 aromatic rings. The summed E-state index contributed by atoms with van der Waals surface area (Å²) in [6.07, 6.45) is 3.43. The maximum atomic E-state index is 12.5. The number of aryl methyl sites for hydroxylation is 2. The van der Waals surface area contributed by atoms with E-state index in [1.807, 2.05) is 43.3 Å². The summed E-state index contributed by atoms with van der Waals surface area (Å²) in [6, 6.07) is 19.3. The molecule has 0 spiro atoms. The van der Waals surface area contributed by atoms with Crippen molar-refractivity contribution >= 4 is 11.6 Å². The van der Waals surface area contributed by atoms with Gasteiger partial charge in [0, 0.05) is 6.20 Å². The summed E-state index contributed by atoms with van der Waals surface area (Å²) in [7, 11) is 0. The average Bonchev–Trinajstić information content (AvgIpc) is 3.38. The highest BCUT2D eigenvalue weighted by Crippen LogP contribution is 2.17. The third kappa shape index (κ3) is 4.78. The van der Waals surface area contributed by atoms with Crippen molar-refractivity contribution in [3.8, 4) is 5.75 Å². The molecule has 0 saturated carbocycles. The van der Waals surface area contributed by atoms with Crippen molar-refractivity contribution in [3.63, 3.8) is 0 Å². The first kappa shape index (κ1) is 19.5. The molecular formula is C24H23N3O3. The second-order valence-electron chi connectivity index (χ2n) is 7.18. The summed E-state index contributed by atoms with van der Waals surface area (Å²) in [5, 5.41) is 7.14. The molecule has 0 bridgehead atoms. The van der Waals surface area contributed by atoms with Crippen LogP contribution in [-0.2, 0) is 13.2 Å². The fraction of sp³-hybridized carbons (Fsp3) is 0.167. The predicted molar refractivity (Wildman–Crippen MR) is 115 cm³/mol. The van der Waals surface area contributed by atoms with Crippen LogP contribution in [0.5, 0.6) is 5.75 Å². The highest BCUT2D eigenvalue weighted by Gasteiger charge is 2.13. The van der Waals surface area contributed by atoms with E-state index < -0.39 is 0 Å². The van der Waals surface area contributed by atoms with Crippen LogP contribution in [0, 0.1) is 13.8 Å². The minimum atomic E-state index is -0.327. The maximum absolute atomic E-state index is 12.5. The van der Waals surface area contributed by atoms with Crippen LogP contribution in [0.2, 0.25) is 0 Å². The summed E-state index contributed by atoms with van der Waals surface area (Å²) in [5.74, 6) is 1.24. The maximum Gasteiger partial charge on any atom is 0.291 e. The number of ether oxygens (including phenoxy) is 1. The number of aromatic nitrogens is 2. The van der Waals surface area contributed by atoms with E-state index in [2.05, 4.69) is 29.5 Å². The van der Waals surface area contributed by atoms with Crippen LogP contribution in [-0.4, -0.2) is 15.7 Å². The van der Waals surface area contributed by atoms with Crippen LogP contribution >= 0.6 is 0 Å². The molecule has 6 heteroatoms. The number of hydrogen-bond acceptors (Lipinski definition) is 4. The van der Waals surface area contributed by atoms with E-state index >= 15 is 0 Å². The lowest BCUT2D eigenvalue weighted by molar-refractivity contribution is 0.0992. The molecule has 0 aliphatic heterocycles. The van der Waals surface area contributed by atoms with Gasteiger partial charge < -0.3 is 14.5 Å². The third-order valence-electron chi connectivity index (χ3n) is 4.74.